The van der Waals surface area contributed by atoms with Gasteiger partial charge in [0, 0.05) is 30.0 Å². The first-order chi connectivity index (χ1) is 17.1. The zero-order valence-corrected chi connectivity index (χ0v) is 19.5. The summed E-state index contributed by atoms with van der Waals surface area (Å²) in [5.74, 6) is -1.97. The van der Waals surface area contributed by atoms with Crippen molar-refractivity contribution in [1.29, 1.82) is 0 Å². The number of piperidine rings is 1. The third-order valence-electron chi connectivity index (χ3n) is 5.55. The third kappa shape index (κ3) is 5.64. The molecule has 4 N–H and O–H groups in total. The molecule has 0 unspecified atom stereocenters. The molecule has 0 bridgehead atoms. The Morgan fingerprint density at radius 1 is 1.28 bits per heavy atom. The molecule has 0 saturated carbocycles. The van der Waals surface area contributed by atoms with Crippen LogP contribution in [0.15, 0.2) is 36.0 Å². The van der Waals surface area contributed by atoms with E-state index in [-0.39, 0.29) is 42.7 Å². The highest BCUT2D eigenvalue weighted by Crippen LogP contribution is 2.47. The molecule has 190 valence electrons. The molecule has 10 nitrogen and oxygen atoms in total. The van der Waals surface area contributed by atoms with Crippen LogP contribution in [0.5, 0.6) is 5.75 Å². The van der Waals surface area contributed by atoms with Gasteiger partial charge in [-0.2, -0.15) is 23.4 Å². The Bertz CT molecular complexity index is 1250. The van der Waals surface area contributed by atoms with Gasteiger partial charge in [-0.05, 0) is 31.0 Å². The maximum Gasteiger partial charge on any atom is 0.422 e. The molecule has 1 fully saturated rings. The number of carbonyl (C=O) groups is 2. The fourth-order valence-electron chi connectivity index (χ4n) is 4.01. The van der Waals surface area contributed by atoms with Gasteiger partial charge in [0.25, 0.3) is 5.91 Å². The Kier molecular flexibility index (Phi) is 7.24. The number of primary amides is 1. The first kappa shape index (κ1) is 25.2. The number of thiazole rings is 1. The molecule has 1 atom stereocenters. The van der Waals surface area contributed by atoms with Gasteiger partial charge in [0.15, 0.2) is 0 Å². The first-order valence-electron chi connectivity index (χ1n) is 10.8. The van der Waals surface area contributed by atoms with E-state index in [0.717, 1.165) is 6.07 Å². The monoisotopic (exact) mass is 522 g/mol. The molecule has 3 heterocycles. The number of hydrogen-bond donors (Lipinski definition) is 3. The minimum atomic E-state index is -4.90. The van der Waals surface area contributed by atoms with E-state index < -0.39 is 29.5 Å². The number of halogens is 3. The van der Waals surface area contributed by atoms with E-state index in [1.165, 1.54) is 40.1 Å². The Labute approximate surface area is 206 Å². The SMILES string of the molecule is NC(=O)OC[C@H]1CCCN(c2c(NC(=O)c3csc(-c4ccnnc4)n3)ccc(O)c2C(F)(F)F)C1. The Morgan fingerprint density at radius 2 is 2.08 bits per heavy atom. The lowest BCUT2D eigenvalue weighted by molar-refractivity contribution is -0.138. The average Bonchev–Trinajstić information content (AvgIpc) is 3.34. The number of nitrogens with two attached hydrogens (primary N) is 1. The average molecular weight is 523 g/mol. The van der Waals surface area contributed by atoms with Crippen molar-refractivity contribution in [2.75, 3.05) is 29.9 Å². The standard InChI is InChI=1S/C22H21F3N6O4S/c23-22(24,25)17-16(32)4-3-14(18(17)31-7-1-2-12(9-31)10-35-21(26)34)29-19(33)15-11-36-20(30-15)13-5-6-27-28-8-13/h3-6,8,11-12,32H,1-2,7,9-10H2,(H2,26,34)(H,29,33)/t12-/m0/s1. The van der Waals surface area contributed by atoms with E-state index in [0.29, 0.717) is 23.4 Å². The van der Waals surface area contributed by atoms with Crippen molar-refractivity contribution >= 4 is 34.7 Å². The van der Waals surface area contributed by atoms with E-state index in [1.54, 1.807) is 6.07 Å². The first-order valence-corrected chi connectivity index (χ1v) is 11.7. The maximum absolute atomic E-state index is 14.0. The van der Waals surface area contributed by atoms with Crippen molar-refractivity contribution < 1.29 is 32.6 Å². The minimum Gasteiger partial charge on any atom is -0.507 e. The highest BCUT2D eigenvalue weighted by atomic mass is 32.1. The molecule has 1 aromatic carbocycles. The van der Waals surface area contributed by atoms with Gasteiger partial charge in [-0.25, -0.2) is 9.78 Å². The predicted octanol–water partition coefficient (Wildman–Crippen LogP) is 3.89. The highest BCUT2D eigenvalue weighted by Gasteiger charge is 2.40. The van der Waals surface area contributed by atoms with Gasteiger partial charge in [-0.1, -0.05) is 0 Å². The summed E-state index contributed by atoms with van der Waals surface area (Å²) in [6.07, 6.45) is -1.82. The summed E-state index contributed by atoms with van der Waals surface area (Å²) in [6.45, 7) is 0.274. The number of rotatable bonds is 6. The number of nitrogens with zero attached hydrogens (tertiary/aromatic N) is 4. The Balaban J connectivity index is 1.65. The van der Waals surface area contributed by atoms with Gasteiger partial charge >= 0.3 is 12.3 Å². The number of aromatic nitrogens is 3. The van der Waals surface area contributed by atoms with Crippen molar-refractivity contribution in [2.24, 2.45) is 11.7 Å². The van der Waals surface area contributed by atoms with Gasteiger partial charge < -0.3 is 25.8 Å². The van der Waals surface area contributed by atoms with Crippen molar-refractivity contribution in [3.8, 4) is 16.3 Å². The van der Waals surface area contributed by atoms with Crippen molar-refractivity contribution in [3.05, 3.63) is 47.2 Å². The lowest BCUT2D eigenvalue weighted by Gasteiger charge is -2.36. The minimum absolute atomic E-state index is 0.00535. The van der Waals surface area contributed by atoms with Crippen LogP contribution in [0.4, 0.5) is 29.3 Å². The second kappa shape index (κ2) is 10.4. The molecule has 0 radical (unpaired) electrons. The molecule has 14 heteroatoms. The topological polar surface area (TPSA) is 144 Å². The highest BCUT2D eigenvalue weighted by molar-refractivity contribution is 7.13. The molecule has 1 saturated heterocycles. The summed E-state index contributed by atoms with van der Waals surface area (Å²) < 4.78 is 47.0. The maximum atomic E-state index is 14.0. The number of hydrogen-bond acceptors (Lipinski definition) is 9. The van der Waals surface area contributed by atoms with Crippen LogP contribution in [0.2, 0.25) is 0 Å². The van der Waals surface area contributed by atoms with Crippen LogP contribution >= 0.6 is 11.3 Å². The van der Waals surface area contributed by atoms with Gasteiger partial charge in [-0.15, -0.1) is 11.3 Å². The van der Waals surface area contributed by atoms with Crippen molar-refractivity contribution in [3.63, 3.8) is 0 Å². The molecule has 2 aromatic heterocycles. The number of phenolic OH excluding ortho intramolecular Hbond substituents is 1. The smallest absolute Gasteiger partial charge is 0.422 e. The quantitative estimate of drug-likeness (QED) is 0.414. The summed E-state index contributed by atoms with van der Waals surface area (Å²) in [6, 6.07) is 3.76. The largest absolute Gasteiger partial charge is 0.507 e. The van der Waals surface area contributed by atoms with Gasteiger partial charge in [0.2, 0.25) is 0 Å². The lowest BCUT2D eigenvalue weighted by atomic mass is 9.96. The summed E-state index contributed by atoms with van der Waals surface area (Å²) in [7, 11) is 0. The zero-order chi connectivity index (χ0) is 25.9. The van der Waals surface area contributed by atoms with E-state index in [9.17, 15) is 27.9 Å². The van der Waals surface area contributed by atoms with Gasteiger partial charge in [0.1, 0.15) is 22.0 Å². The van der Waals surface area contributed by atoms with Crippen LogP contribution in [0.1, 0.15) is 28.9 Å². The van der Waals surface area contributed by atoms with E-state index in [4.69, 9.17) is 10.5 Å². The molecule has 0 aliphatic carbocycles. The fraction of sp³-hybridized carbons (Fsp3) is 0.318. The summed E-state index contributed by atoms with van der Waals surface area (Å²) in [4.78, 5) is 29.6. The zero-order valence-electron chi connectivity index (χ0n) is 18.7. The number of amides is 2. The number of anilines is 2. The number of alkyl halides is 3. The summed E-state index contributed by atoms with van der Waals surface area (Å²) in [5, 5.41) is 22.1. The van der Waals surface area contributed by atoms with E-state index in [2.05, 4.69) is 20.5 Å². The fourth-order valence-corrected chi connectivity index (χ4v) is 4.80. The van der Waals surface area contributed by atoms with Gasteiger partial charge in [-0.3, -0.25) is 4.79 Å². The van der Waals surface area contributed by atoms with Crippen LogP contribution in [0, 0.1) is 5.92 Å². The molecule has 0 spiro atoms. The second-order valence-electron chi connectivity index (χ2n) is 8.06. The number of carbonyl (C=O) groups excluding carboxylic acids is 2. The van der Waals surface area contributed by atoms with Crippen LogP contribution < -0.4 is 16.0 Å². The number of nitrogens with one attached hydrogen (secondary N) is 1. The normalized spacial score (nSPS) is 16.0. The second-order valence-corrected chi connectivity index (χ2v) is 8.92. The van der Waals surface area contributed by atoms with Crippen molar-refractivity contribution in [2.45, 2.75) is 19.0 Å². The Hall–Kier alpha value is -3.94. The predicted molar refractivity (Wildman–Crippen MR) is 125 cm³/mol. The van der Waals surface area contributed by atoms with E-state index in [1.807, 2.05) is 0 Å². The van der Waals surface area contributed by atoms with Crippen LogP contribution in [-0.2, 0) is 10.9 Å². The van der Waals surface area contributed by atoms with E-state index >= 15 is 0 Å². The number of aromatic hydroxyl groups is 1. The van der Waals surface area contributed by atoms with Crippen molar-refractivity contribution in [1.82, 2.24) is 15.2 Å². The molecule has 2 amide bonds. The number of ether oxygens (including phenoxy) is 1. The molecular weight excluding hydrogens is 501 g/mol. The van der Waals surface area contributed by atoms with Crippen LogP contribution in [-0.4, -0.2) is 52.0 Å². The van der Waals surface area contributed by atoms with Gasteiger partial charge in [0.05, 0.1) is 30.4 Å². The van der Waals surface area contributed by atoms with Crippen LogP contribution in [0.3, 0.4) is 0 Å². The molecular formula is C22H21F3N6O4S. The summed E-state index contributed by atoms with van der Waals surface area (Å²) >= 11 is 1.17. The molecule has 36 heavy (non-hydrogen) atoms. The lowest BCUT2D eigenvalue weighted by Crippen LogP contribution is -2.39. The third-order valence-corrected chi connectivity index (χ3v) is 6.44. The number of phenols is 1. The molecule has 3 aromatic rings. The van der Waals surface area contributed by atoms with Crippen LogP contribution in [0.25, 0.3) is 10.6 Å². The number of benzene rings is 1. The molecule has 1 aliphatic rings. The molecule has 4 rings (SSSR count). The Morgan fingerprint density at radius 3 is 2.78 bits per heavy atom. The molecule has 1 aliphatic heterocycles. The summed E-state index contributed by atoms with van der Waals surface area (Å²) in [5.41, 5.74) is 3.88.